The Morgan fingerprint density at radius 2 is 1.88 bits per heavy atom. The molecule has 2 aromatic heterocycles. The Hall–Kier alpha value is -3.68. The average molecular weight is 435 g/mol. The summed E-state index contributed by atoms with van der Waals surface area (Å²) in [6.07, 6.45) is 9.29. The van der Waals surface area contributed by atoms with Crippen LogP contribution in [0.15, 0.2) is 61.1 Å². The predicted octanol–water partition coefficient (Wildman–Crippen LogP) is 4.29. The van der Waals surface area contributed by atoms with E-state index in [2.05, 4.69) is 31.4 Å². The molecule has 1 aromatic carbocycles. The maximum Gasteiger partial charge on any atom is 0.167 e. The summed E-state index contributed by atoms with van der Waals surface area (Å²) in [6, 6.07) is 4.66. The van der Waals surface area contributed by atoms with Gasteiger partial charge in [0.2, 0.25) is 0 Å². The second kappa shape index (κ2) is 9.21. The summed E-state index contributed by atoms with van der Waals surface area (Å²) >= 11 is 0. The van der Waals surface area contributed by atoms with Crippen LogP contribution >= 0.6 is 0 Å². The molecule has 1 aliphatic heterocycles. The molecule has 166 valence electrons. The van der Waals surface area contributed by atoms with E-state index in [1.807, 2.05) is 43.0 Å². The normalized spacial score (nSPS) is 15.1. The zero-order chi connectivity index (χ0) is 22.7. The number of halogens is 1. The SMILES string of the molecule is C=C(C)C=CC=C(C)n1ncc2c(N3CCN(c4ccc(F)cc4OC)CC3)ncnc21. The third-order valence-electron chi connectivity index (χ3n) is 5.46. The van der Waals surface area contributed by atoms with E-state index >= 15 is 0 Å². The minimum Gasteiger partial charge on any atom is -0.494 e. The van der Waals surface area contributed by atoms with E-state index in [1.54, 1.807) is 19.5 Å². The molecule has 0 spiro atoms. The van der Waals surface area contributed by atoms with Gasteiger partial charge in [-0.15, -0.1) is 0 Å². The molecular formula is C24H27FN6O. The topological polar surface area (TPSA) is 59.3 Å². The van der Waals surface area contributed by atoms with E-state index in [9.17, 15) is 4.39 Å². The van der Waals surface area contributed by atoms with E-state index in [1.165, 1.54) is 12.1 Å². The molecule has 0 bridgehead atoms. The molecule has 0 radical (unpaired) electrons. The number of hydrogen-bond donors (Lipinski definition) is 0. The van der Waals surface area contributed by atoms with Gasteiger partial charge in [-0.05, 0) is 32.1 Å². The van der Waals surface area contributed by atoms with Crippen molar-refractivity contribution in [2.75, 3.05) is 43.1 Å². The van der Waals surface area contributed by atoms with E-state index in [0.717, 1.165) is 60.0 Å². The molecule has 7 nitrogen and oxygen atoms in total. The fourth-order valence-corrected chi connectivity index (χ4v) is 3.84. The van der Waals surface area contributed by atoms with Crippen molar-refractivity contribution in [2.45, 2.75) is 13.8 Å². The van der Waals surface area contributed by atoms with Crippen LogP contribution in [0.1, 0.15) is 13.8 Å². The van der Waals surface area contributed by atoms with Crippen LogP contribution in [-0.2, 0) is 0 Å². The smallest absolute Gasteiger partial charge is 0.167 e. The van der Waals surface area contributed by atoms with Crippen molar-refractivity contribution in [1.82, 2.24) is 19.7 Å². The van der Waals surface area contributed by atoms with Crippen LogP contribution < -0.4 is 14.5 Å². The summed E-state index contributed by atoms with van der Waals surface area (Å²) in [5, 5.41) is 5.46. The van der Waals surface area contributed by atoms with Crippen molar-refractivity contribution in [3.63, 3.8) is 0 Å². The van der Waals surface area contributed by atoms with E-state index in [4.69, 9.17) is 4.74 Å². The lowest BCUT2D eigenvalue weighted by molar-refractivity contribution is 0.410. The highest BCUT2D eigenvalue weighted by Gasteiger charge is 2.23. The molecule has 1 fully saturated rings. The lowest BCUT2D eigenvalue weighted by Gasteiger charge is -2.37. The number of benzene rings is 1. The average Bonchev–Trinajstić information content (AvgIpc) is 3.23. The van der Waals surface area contributed by atoms with Gasteiger partial charge in [0.25, 0.3) is 0 Å². The predicted molar refractivity (Wildman–Crippen MR) is 127 cm³/mol. The van der Waals surface area contributed by atoms with Crippen LogP contribution in [0.5, 0.6) is 5.75 Å². The van der Waals surface area contributed by atoms with Crippen molar-refractivity contribution >= 4 is 28.2 Å². The Morgan fingerprint density at radius 3 is 2.59 bits per heavy atom. The number of fused-ring (bicyclic) bond motifs is 1. The van der Waals surface area contributed by atoms with Gasteiger partial charge < -0.3 is 14.5 Å². The van der Waals surface area contributed by atoms with E-state index < -0.39 is 0 Å². The molecule has 0 N–H and O–H groups in total. The van der Waals surface area contributed by atoms with Crippen molar-refractivity contribution in [2.24, 2.45) is 0 Å². The molecular weight excluding hydrogens is 407 g/mol. The lowest BCUT2D eigenvalue weighted by atomic mass is 10.2. The summed E-state index contributed by atoms with van der Waals surface area (Å²) in [4.78, 5) is 13.5. The minimum atomic E-state index is -0.302. The van der Waals surface area contributed by atoms with Crippen molar-refractivity contribution in [1.29, 1.82) is 0 Å². The van der Waals surface area contributed by atoms with E-state index in [0.29, 0.717) is 5.75 Å². The zero-order valence-corrected chi connectivity index (χ0v) is 18.6. The first-order valence-corrected chi connectivity index (χ1v) is 10.5. The number of ether oxygens (including phenoxy) is 1. The summed E-state index contributed by atoms with van der Waals surface area (Å²) in [5.41, 5.74) is 3.62. The number of allylic oxidation sites excluding steroid dienone is 5. The summed E-state index contributed by atoms with van der Waals surface area (Å²) in [6.45, 7) is 10.9. The molecule has 8 heteroatoms. The molecule has 3 heterocycles. The molecule has 4 rings (SSSR count). The third-order valence-corrected chi connectivity index (χ3v) is 5.46. The molecule has 32 heavy (non-hydrogen) atoms. The number of piperazine rings is 1. The highest BCUT2D eigenvalue weighted by Crippen LogP contribution is 2.31. The molecule has 0 atom stereocenters. The van der Waals surface area contributed by atoms with Crippen LogP contribution in [0, 0.1) is 5.82 Å². The van der Waals surface area contributed by atoms with Crippen molar-refractivity contribution in [3.8, 4) is 5.75 Å². The van der Waals surface area contributed by atoms with Crippen LogP contribution in [0.3, 0.4) is 0 Å². The molecule has 0 amide bonds. The summed E-state index contributed by atoms with van der Waals surface area (Å²) < 4.78 is 20.8. The highest BCUT2D eigenvalue weighted by molar-refractivity contribution is 5.88. The molecule has 1 aliphatic rings. The minimum absolute atomic E-state index is 0.302. The van der Waals surface area contributed by atoms with Gasteiger partial charge in [0.15, 0.2) is 5.65 Å². The Balaban J connectivity index is 1.54. The van der Waals surface area contributed by atoms with Crippen molar-refractivity contribution in [3.05, 3.63) is 66.9 Å². The number of methoxy groups -OCH3 is 1. The second-order valence-corrected chi connectivity index (χ2v) is 7.79. The quantitative estimate of drug-likeness (QED) is 0.540. The molecule has 0 unspecified atom stereocenters. The van der Waals surface area contributed by atoms with Gasteiger partial charge >= 0.3 is 0 Å². The summed E-state index contributed by atoms with van der Waals surface area (Å²) in [5.74, 6) is 1.12. The number of nitrogens with zero attached hydrogens (tertiary/aromatic N) is 6. The molecule has 3 aromatic rings. The van der Waals surface area contributed by atoms with Crippen molar-refractivity contribution < 1.29 is 9.13 Å². The second-order valence-electron chi connectivity index (χ2n) is 7.79. The first-order chi connectivity index (χ1) is 15.5. The van der Waals surface area contributed by atoms with Gasteiger partial charge in [0.1, 0.15) is 23.7 Å². The Bertz CT molecular complexity index is 1190. The Labute approximate surface area is 187 Å². The van der Waals surface area contributed by atoms with Crippen LogP contribution in [0.4, 0.5) is 15.9 Å². The third kappa shape index (κ3) is 4.34. The van der Waals surface area contributed by atoms with Crippen LogP contribution in [0.2, 0.25) is 0 Å². The maximum atomic E-state index is 13.6. The molecule has 1 saturated heterocycles. The fraction of sp³-hybridized carbons (Fsp3) is 0.292. The first kappa shape index (κ1) is 21.5. The number of hydrogen-bond acceptors (Lipinski definition) is 6. The van der Waals surface area contributed by atoms with Gasteiger partial charge in [-0.1, -0.05) is 24.3 Å². The fourth-order valence-electron chi connectivity index (χ4n) is 3.84. The van der Waals surface area contributed by atoms with Gasteiger partial charge in [0.05, 0.1) is 24.4 Å². The molecule has 0 saturated carbocycles. The number of anilines is 2. The Kier molecular flexibility index (Phi) is 6.20. The summed E-state index contributed by atoms with van der Waals surface area (Å²) in [7, 11) is 1.56. The lowest BCUT2D eigenvalue weighted by Crippen LogP contribution is -2.47. The van der Waals surface area contributed by atoms with Gasteiger partial charge in [-0.2, -0.15) is 5.10 Å². The zero-order valence-electron chi connectivity index (χ0n) is 18.6. The number of aromatic nitrogens is 4. The molecule has 0 aliphatic carbocycles. The largest absolute Gasteiger partial charge is 0.494 e. The van der Waals surface area contributed by atoms with Gasteiger partial charge in [-0.25, -0.2) is 19.0 Å². The Morgan fingerprint density at radius 1 is 1.12 bits per heavy atom. The number of rotatable bonds is 6. The monoisotopic (exact) mass is 434 g/mol. The standard InChI is InChI=1S/C24H27FN6O/c1-17(2)6-5-7-18(3)31-24-20(15-28-31)23(26-16-27-24)30-12-10-29(11-13-30)21-9-8-19(25)14-22(21)32-4/h5-9,14-16H,1,10-13H2,2-4H3. The van der Waals surface area contributed by atoms with Crippen LogP contribution in [-0.4, -0.2) is 53.0 Å². The van der Waals surface area contributed by atoms with Crippen LogP contribution in [0.25, 0.3) is 16.7 Å². The maximum absolute atomic E-state index is 13.6. The van der Waals surface area contributed by atoms with Gasteiger partial charge in [-0.3, -0.25) is 0 Å². The van der Waals surface area contributed by atoms with Gasteiger partial charge in [0, 0.05) is 37.9 Å². The van der Waals surface area contributed by atoms with E-state index in [-0.39, 0.29) is 5.82 Å². The first-order valence-electron chi connectivity index (χ1n) is 10.5. The highest BCUT2D eigenvalue weighted by atomic mass is 19.1.